The van der Waals surface area contributed by atoms with Crippen molar-refractivity contribution in [2.75, 3.05) is 0 Å². The van der Waals surface area contributed by atoms with Crippen LogP contribution in [0, 0.1) is 7.14 Å². The van der Waals surface area contributed by atoms with Crippen molar-refractivity contribution in [3.8, 4) is 5.75 Å². The van der Waals surface area contributed by atoms with Gasteiger partial charge in [-0.05, 0) is 62.9 Å². The summed E-state index contributed by atoms with van der Waals surface area (Å²) in [6, 6.07) is 3.57. The third kappa shape index (κ3) is 2.57. The number of hydrogen-bond acceptors (Lipinski definition) is 2. The van der Waals surface area contributed by atoms with Gasteiger partial charge < -0.3 is 10.8 Å². The topological polar surface area (TPSA) is 46.2 Å². The Kier molecular flexibility index (Phi) is 3.99. The molecule has 4 heteroatoms. The lowest BCUT2D eigenvalue weighted by Gasteiger charge is -2.09. The van der Waals surface area contributed by atoms with E-state index in [4.69, 9.17) is 5.73 Å². The fraction of sp³-hybridized carbons (Fsp3) is 0.111. The number of hydrogen-bond donors (Lipinski definition) is 2. The lowest BCUT2D eigenvalue weighted by atomic mass is 10.1. The highest BCUT2D eigenvalue weighted by atomic mass is 127. The zero-order chi connectivity index (χ0) is 10.0. The molecular weight excluding hydrogens is 392 g/mol. The third-order valence-electron chi connectivity index (χ3n) is 1.68. The molecule has 0 saturated carbocycles. The Morgan fingerprint density at radius 3 is 2.23 bits per heavy atom. The molecule has 0 heterocycles. The van der Waals surface area contributed by atoms with E-state index in [9.17, 15) is 5.11 Å². The molecule has 0 aliphatic carbocycles. The van der Waals surface area contributed by atoms with Crippen molar-refractivity contribution in [2.45, 2.75) is 6.04 Å². The SMILES string of the molecule is C=C[C@H](N)c1cc(I)c(O)c(I)c1. The molecule has 1 rings (SSSR count). The Morgan fingerprint density at radius 2 is 1.85 bits per heavy atom. The molecule has 1 aromatic carbocycles. The maximum atomic E-state index is 9.50. The van der Waals surface area contributed by atoms with Crippen LogP contribution in [0.4, 0.5) is 0 Å². The molecule has 0 amide bonds. The van der Waals surface area contributed by atoms with Crippen molar-refractivity contribution in [1.82, 2.24) is 0 Å². The van der Waals surface area contributed by atoms with Crippen LogP contribution in [0.1, 0.15) is 11.6 Å². The highest BCUT2D eigenvalue weighted by Crippen LogP contribution is 2.29. The Balaban J connectivity index is 3.20. The van der Waals surface area contributed by atoms with Gasteiger partial charge in [-0.1, -0.05) is 6.08 Å². The van der Waals surface area contributed by atoms with E-state index in [0.717, 1.165) is 12.7 Å². The lowest BCUT2D eigenvalue weighted by molar-refractivity contribution is 0.467. The molecule has 3 N–H and O–H groups in total. The van der Waals surface area contributed by atoms with Gasteiger partial charge >= 0.3 is 0 Å². The third-order valence-corrected chi connectivity index (χ3v) is 3.32. The highest BCUT2D eigenvalue weighted by Gasteiger charge is 2.08. The van der Waals surface area contributed by atoms with Crippen LogP contribution in [0.25, 0.3) is 0 Å². The van der Waals surface area contributed by atoms with Gasteiger partial charge in [-0.25, -0.2) is 0 Å². The summed E-state index contributed by atoms with van der Waals surface area (Å²) in [6.07, 6.45) is 1.68. The number of phenolic OH excluding ortho intramolecular Hbond substituents is 1. The second kappa shape index (κ2) is 4.61. The average molecular weight is 401 g/mol. The van der Waals surface area contributed by atoms with E-state index >= 15 is 0 Å². The van der Waals surface area contributed by atoms with Crippen molar-refractivity contribution in [3.63, 3.8) is 0 Å². The predicted molar refractivity (Wildman–Crippen MR) is 70.7 cm³/mol. The molecule has 0 spiro atoms. The maximum Gasteiger partial charge on any atom is 0.142 e. The number of nitrogens with two attached hydrogens (primary N) is 1. The Hall–Kier alpha value is 0.180. The number of phenols is 1. The summed E-state index contributed by atoms with van der Waals surface area (Å²) in [5.74, 6) is 0.321. The van der Waals surface area contributed by atoms with Gasteiger partial charge in [0.15, 0.2) is 0 Å². The van der Waals surface area contributed by atoms with Crippen LogP contribution in [0.2, 0.25) is 0 Å². The molecule has 0 aliphatic heterocycles. The fourth-order valence-corrected chi connectivity index (χ4v) is 2.73. The molecule has 0 fully saturated rings. The van der Waals surface area contributed by atoms with Gasteiger partial charge in [0.2, 0.25) is 0 Å². The van der Waals surface area contributed by atoms with Gasteiger partial charge in [-0.2, -0.15) is 0 Å². The van der Waals surface area contributed by atoms with E-state index in [1.807, 2.05) is 12.1 Å². The summed E-state index contributed by atoms with van der Waals surface area (Å²) in [5, 5.41) is 9.50. The van der Waals surface area contributed by atoms with E-state index in [-0.39, 0.29) is 6.04 Å². The number of benzene rings is 1. The van der Waals surface area contributed by atoms with Crippen molar-refractivity contribution in [2.24, 2.45) is 5.73 Å². The zero-order valence-corrected chi connectivity index (χ0v) is 11.1. The Labute approximate surface area is 104 Å². The van der Waals surface area contributed by atoms with E-state index in [0.29, 0.717) is 5.75 Å². The van der Waals surface area contributed by atoms with Crippen molar-refractivity contribution >= 4 is 45.2 Å². The summed E-state index contributed by atoms with van der Waals surface area (Å²) in [5.41, 5.74) is 6.75. The van der Waals surface area contributed by atoms with E-state index in [1.165, 1.54) is 0 Å². The highest BCUT2D eigenvalue weighted by molar-refractivity contribution is 14.1. The van der Waals surface area contributed by atoms with E-state index < -0.39 is 0 Å². The summed E-state index contributed by atoms with van der Waals surface area (Å²) < 4.78 is 1.63. The first-order chi connectivity index (χ1) is 6.06. The molecule has 70 valence electrons. The van der Waals surface area contributed by atoms with E-state index in [1.54, 1.807) is 6.08 Å². The predicted octanol–water partition coefficient (Wildman–Crippen LogP) is 2.79. The normalized spacial score (nSPS) is 12.5. The van der Waals surface area contributed by atoms with Crippen LogP contribution in [-0.2, 0) is 0 Å². The second-order valence-corrected chi connectivity index (χ2v) is 4.92. The van der Waals surface area contributed by atoms with Crippen molar-refractivity contribution in [1.29, 1.82) is 0 Å². The van der Waals surface area contributed by atoms with Gasteiger partial charge in [0.1, 0.15) is 5.75 Å². The molecule has 0 radical (unpaired) electrons. The average Bonchev–Trinajstić information content (AvgIpc) is 2.12. The lowest BCUT2D eigenvalue weighted by Crippen LogP contribution is -2.06. The number of halogens is 2. The minimum atomic E-state index is -0.164. The summed E-state index contributed by atoms with van der Waals surface area (Å²) in [4.78, 5) is 0. The smallest absolute Gasteiger partial charge is 0.142 e. The maximum absolute atomic E-state index is 9.50. The molecule has 0 bridgehead atoms. The molecule has 2 nitrogen and oxygen atoms in total. The standard InChI is InChI=1S/C9H9I2NO/c1-2-8(12)5-3-6(10)9(13)7(11)4-5/h2-4,8,13H,1,12H2/t8-/m0/s1. The van der Waals surface area contributed by atoms with Crippen molar-refractivity contribution < 1.29 is 5.11 Å². The Bertz CT molecular complexity index is 315. The van der Waals surface area contributed by atoms with Gasteiger partial charge in [0, 0.05) is 6.04 Å². The van der Waals surface area contributed by atoms with Crippen LogP contribution in [0.15, 0.2) is 24.8 Å². The molecule has 13 heavy (non-hydrogen) atoms. The second-order valence-electron chi connectivity index (χ2n) is 2.59. The van der Waals surface area contributed by atoms with Gasteiger partial charge in [0.25, 0.3) is 0 Å². The van der Waals surface area contributed by atoms with Gasteiger partial charge in [-0.15, -0.1) is 6.58 Å². The molecule has 0 saturated heterocycles. The molecular formula is C9H9I2NO. The largest absolute Gasteiger partial charge is 0.506 e. The molecule has 0 aromatic heterocycles. The van der Waals surface area contributed by atoms with Crippen molar-refractivity contribution in [3.05, 3.63) is 37.5 Å². The summed E-state index contributed by atoms with van der Waals surface area (Å²) in [7, 11) is 0. The van der Waals surface area contributed by atoms with Gasteiger partial charge in [-0.3, -0.25) is 0 Å². The first-order valence-corrected chi connectivity index (χ1v) is 5.78. The number of rotatable bonds is 2. The quantitative estimate of drug-likeness (QED) is 0.592. The van der Waals surface area contributed by atoms with Crippen LogP contribution in [0.3, 0.4) is 0 Å². The monoisotopic (exact) mass is 401 g/mol. The summed E-state index contributed by atoms with van der Waals surface area (Å²) in [6.45, 7) is 3.63. The number of aromatic hydroxyl groups is 1. The fourth-order valence-electron chi connectivity index (χ4n) is 0.914. The van der Waals surface area contributed by atoms with Gasteiger partial charge in [0.05, 0.1) is 7.14 Å². The van der Waals surface area contributed by atoms with Crippen LogP contribution < -0.4 is 5.73 Å². The minimum Gasteiger partial charge on any atom is -0.506 e. The molecule has 0 unspecified atom stereocenters. The first-order valence-electron chi connectivity index (χ1n) is 3.62. The zero-order valence-electron chi connectivity index (χ0n) is 6.80. The molecule has 1 atom stereocenters. The minimum absolute atomic E-state index is 0.164. The van der Waals surface area contributed by atoms with Crippen LogP contribution in [-0.4, -0.2) is 5.11 Å². The summed E-state index contributed by atoms with van der Waals surface area (Å²) >= 11 is 4.16. The first kappa shape index (κ1) is 11.3. The van der Waals surface area contributed by atoms with Crippen LogP contribution >= 0.6 is 45.2 Å². The van der Waals surface area contributed by atoms with E-state index in [2.05, 4.69) is 51.8 Å². The molecule has 0 aliphatic rings. The van der Waals surface area contributed by atoms with Crippen LogP contribution in [0.5, 0.6) is 5.75 Å². The Morgan fingerprint density at radius 1 is 1.38 bits per heavy atom. The molecule has 1 aromatic rings.